The maximum absolute atomic E-state index is 12.2. The minimum atomic E-state index is -1.01. The van der Waals surface area contributed by atoms with Gasteiger partial charge in [-0.3, -0.25) is 4.79 Å². The van der Waals surface area contributed by atoms with Gasteiger partial charge in [0.25, 0.3) is 0 Å². The lowest BCUT2D eigenvalue weighted by molar-refractivity contribution is -0.138. The van der Waals surface area contributed by atoms with Crippen molar-refractivity contribution in [2.24, 2.45) is 5.92 Å². The van der Waals surface area contributed by atoms with Crippen LogP contribution in [0.15, 0.2) is 0 Å². The molecule has 0 aliphatic carbocycles. The second-order valence-corrected chi connectivity index (χ2v) is 6.01. The first-order valence-corrected chi connectivity index (χ1v) is 6.59. The number of carbonyl (C=O) groups is 2. The number of urea groups is 1. The summed E-state index contributed by atoms with van der Waals surface area (Å²) in [6.07, 6.45) is 0.926. The van der Waals surface area contributed by atoms with E-state index in [1.807, 2.05) is 27.7 Å². The van der Waals surface area contributed by atoms with Crippen molar-refractivity contribution in [2.45, 2.75) is 45.7 Å². The average molecular weight is 272 g/mol. The van der Waals surface area contributed by atoms with Crippen molar-refractivity contribution in [3.8, 4) is 0 Å². The first-order valence-electron chi connectivity index (χ1n) is 6.59. The van der Waals surface area contributed by atoms with E-state index < -0.39 is 11.5 Å². The smallest absolute Gasteiger partial charge is 0.323 e. The summed E-state index contributed by atoms with van der Waals surface area (Å²) in [5.74, 6) is -0.711. The van der Waals surface area contributed by atoms with E-state index in [0.29, 0.717) is 12.5 Å². The van der Waals surface area contributed by atoms with Gasteiger partial charge in [-0.1, -0.05) is 0 Å². The van der Waals surface area contributed by atoms with Crippen LogP contribution in [0, 0.1) is 5.92 Å². The van der Waals surface area contributed by atoms with Crippen LogP contribution in [0.25, 0.3) is 0 Å². The molecule has 0 saturated carbocycles. The van der Waals surface area contributed by atoms with Gasteiger partial charge in [0.2, 0.25) is 0 Å². The average Bonchev–Trinajstić information content (AvgIpc) is 2.77. The van der Waals surface area contributed by atoms with Crippen molar-refractivity contribution in [1.29, 1.82) is 0 Å². The van der Waals surface area contributed by atoms with Gasteiger partial charge in [0.05, 0.1) is 6.61 Å². The van der Waals surface area contributed by atoms with Gasteiger partial charge in [-0.25, -0.2) is 4.79 Å². The molecule has 1 aliphatic rings. The number of aliphatic carboxylic acids is 1. The topological polar surface area (TPSA) is 78.9 Å². The molecule has 2 unspecified atom stereocenters. The molecule has 110 valence electrons. The molecule has 6 nitrogen and oxygen atoms in total. The predicted octanol–water partition coefficient (Wildman–Crippen LogP) is 1.31. The molecule has 0 bridgehead atoms. The summed E-state index contributed by atoms with van der Waals surface area (Å²) >= 11 is 0. The molecule has 0 spiro atoms. The van der Waals surface area contributed by atoms with Gasteiger partial charge in [0.15, 0.2) is 0 Å². The number of amides is 2. The zero-order valence-electron chi connectivity index (χ0n) is 12.1. The number of carboxylic acids is 1. The highest BCUT2D eigenvalue weighted by molar-refractivity contribution is 5.81. The molecule has 6 heteroatoms. The number of ether oxygens (including phenoxy) is 1. The molecule has 1 saturated heterocycles. The van der Waals surface area contributed by atoms with Crippen molar-refractivity contribution >= 4 is 12.0 Å². The number of nitrogens with zero attached hydrogens (tertiary/aromatic N) is 1. The van der Waals surface area contributed by atoms with E-state index in [2.05, 4.69) is 5.32 Å². The molecule has 2 amide bonds. The number of hydrogen-bond donors (Lipinski definition) is 2. The van der Waals surface area contributed by atoms with Crippen LogP contribution in [0.3, 0.4) is 0 Å². The minimum Gasteiger partial charge on any atom is -0.480 e. The summed E-state index contributed by atoms with van der Waals surface area (Å²) < 4.78 is 5.29. The summed E-state index contributed by atoms with van der Waals surface area (Å²) in [6, 6.07) is -0.358. The van der Waals surface area contributed by atoms with E-state index in [1.54, 1.807) is 0 Å². The van der Waals surface area contributed by atoms with Crippen LogP contribution in [0.1, 0.15) is 34.1 Å². The van der Waals surface area contributed by atoms with E-state index in [0.717, 1.165) is 13.0 Å². The number of nitrogens with one attached hydrogen (secondary N) is 1. The monoisotopic (exact) mass is 272 g/mol. The second kappa shape index (κ2) is 6.23. The first-order chi connectivity index (χ1) is 8.71. The third-order valence-electron chi connectivity index (χ3n) is 3.37. The summed E-state index contributed by atoms with van der Waals surface area (Å²) in [6.45, 7) is 8.46. The lowest BCUT2D eigenvalue weighted by atomic mass is 10.0. The van der Waals surface area contributed by atoms with Gasteiger partial charge >= 0.3 is 12.0 Å². The molecule has 1 rings (SSSR count). The zero-order chi connectivity index (χ0) is 14.6. The van der Waals surface area contributed by atoms with Gasteiger partial charge in [-0.15, -0.1) is 0 Å². The maximum atomic E-state index is 12.2. The largest absolute Gasteiger partial charge is 0.480 e. The lowest BCUT2D eigenvalue weighted by Crippen LogP contribution is -2.55. The molecule has 0 aromatic carbocycles. The molecule has 0 aromatic heterocycles. The molecule has 2 N–H and O–H groups in total. The summed E-state index contributed by atoms with van der Waals surface area (Å²) in [4.78, 5) is 24.4. The fraction of sp³-hybridized carbons (Fsp3) is 0.846. The van der Waals surface area contributed by atoms with E-state index in [4.69, 9.17) is 9.84 Å². The van der Waals surface area contributed by atoms with Crippen molar-refractivity contribution in [2.75, 3.05) is 19.8 Å². The van der Waals surface area contributed by atoms with Crippen LogP contribution >= 0.6 is 0 Å². The molecule has 2 atom stereocenters. The van der Waals surface area contributed by atoms with Gasteiger partial charge in [0.1, 0.15) is 6.54 Å². The Bertz CT molecular complexity index is 332. The standard InChI is InChI=1S/C13H24N2O4/c1-9(10-5-6-19-8-10)14-12(18)15(7-11(16)17)13(2,3)4/h9-10H,5-8H2,1-4H3,(H,14,18)(H,16,17). The van der Waals surface area contributed by atoms with Crippen LogP contribution in [0.5, 0.6) is 0 Å². The first kappa shape index (κ1) is 15.8. The fourth-order valence-corrected chi connectivity index (χ4v) is 2.09. The SMILES string of the molecule is CC(NC(=O)N(CC(=O)O)C(C)(C)C)C1CCOC1. The Kier molecular flexibility index (Phi) is 5.17. The fourth-order valence-electron chi connectivity index (χ4n) is 2.09. The highest BCUT2D eigenvalue weighted by Gasteiger charge is 2.31. The van der Waals surface area contributed by atoms with E-state index in [-0.39, 0.29) is 18.6 Å². The molecular weight excluding hydrogens is 248 g/mol. The molecule has 0 radical (unpaired) electrons. The van der Waals surface area contributed by atoms with Crippen LogP contribution < -0.4 is 5.32 Å². The Hall–Kier alpha value is -1.30. The van der Waals surface area contributed by atoms with Gasteiger partial charge < -0.3 is 20.1 Å². The van der Waals surface area contributed by atoms with Crippen molar-refractivity contribution in [1.82, 2.24) is 10.2 Å². The number of rotatable bonds is 4. The van der Waals surface area contributed by atoms with Crippen molar-refractivity contribution in [3.63, 3.8) is 0 Å². The minimum absolute atomic E-state index is 0.0198. The van der Waals surface area contributed by atoms with Gasteiger partial charge in [-0.05, 0) is 34.1 Å². The molecule has 1 heterocycles. The Balaban J connectivity index is 2.63. The van der Waals surface area contributed by atoms with Crippen LogP contribution in [-0.4, -0.2) is 53.3 Å². The molecule has 19 heavy (non-hydrogen) atoms. The number of hydrogen-bond acceptors (Lipinski definition) is 3. The normalized spacial score (nSPS) is 20.9. The highest BCUT2D eigenvalue weighted by Crippen LogP contribution is 2.18. The van der Waals surface area contributed by atoms with E-state index >= 15 is 0 Å². The predicted molar refractivity (Wildman–Crippen MR) is 71.0 cm³/mol. The van der Waals surface area contributed by atoms with Crippen LogP contribution in [0.4, 0.5) is 4.79 Å². The Morgan fingerprint density at radius 3 is 2.53 bits per heavy atom. The quantitative estimate of drug-likeness (QED) is 0.808. The third kappa shape index (κ3) is 4.70. The zero-order valence-corrected chi connectivity index (χ0v) is 12.1. The Labute approximate surface area is 114 Å². The molecule has 1 fully saturated rings. The second-order valence-electron chi connectivity index (χ2n) is 6.01. The molecular formula is C13H24N2O4. The summed E-state index contributed by atoms with van der Waals surface area (Å²) in [7, 11) is 0. The maximum Gasteiger partial charge on any atom is 0.323 e. The lowest BCUT2D eigenvalue weighted by Gasteiger charge is -2.35. The van der Waals surface area contributed by atoms with Crippen molar-refractivity contribution in [3.05, 3.63) is 0 Å². The van der Waals surface area contributed by atoms with Crippen LogP contribution in [0.2, 0.25) is 0 Å². The third-order valence-corrected chi connectivity index (χ3v) is 3.37. The van der Waals surface area contributed by atoms with E-state index in [9.17, 15) is 9.59 Å². The Morgan fingerprint density at radius 1 is 1.47 bits per heavy atom. The molecule has 1 aliphatic heterocycles. The van der Waals surface area contributed by atoms with Crippen LogP contribution in [-0.2, 0) is 9.53 Å². The van der Waals surface area contributed by atoms with Gasteiger partial charge in [0, 0.05) is 24.1 Å². The summed E-state index contributed by atoms with van der Waals surface area (Å²) in [5.41, 5.74) is -0.533. The molecule has 0 aromatic rings. The van der Waals surface area contributed by atoms with E-state index in [1.165, 1.54) is 4.90 Å². The summed E-state index contributed by atoms with van der Waals surface area (Å²) in [5, 5.41) is 11.8. The number of carboxylic acid groups (broad SMARTS) is 1. The number of carbonyl (C=O) groups excluding carboxylic acids is 1. The Morgan fingerprint density at radius 2 is 2.11 bits per heavy atom. The van der Waals surface area contributed by atoms with Crippen molar-refractivity contribution < 1.29 is 19.4 Å². The van der Waals surface area contributed by atoms with Gasteiger partial charge in [-0.2, -0.15) is 0 Å². The highest BCUT2D eigenvalue weighted by atomic mass is 16.5.